The Balaban J connectivity index is 1.41. The summed E-state index contributed by atoms with van der Waals surface area (Å²) in [5.74, 6) is -1.52. The fourth-order valence-corrected chi connectivity index (χ4v) is 6.41. The van der Waals surface area contributed by atoms with Crippen LogP contribution in [0.2, 0.25) is 0 Å². The number of carbonyl (C=O) groups excluding carboxylic acids is 1. The van der Waals surface area contributed by atoms with Gasteiger partial charge in [0.25, 0.3) is 5.91 Å². The second-order valence-electron chi connectivity index (χ2n) is 10.3. The smallest absolute Gasteiger partial charge is 0.391 e. The number of sulfone groups is 1. The molecule has 0 saturated heterocycles. The van der Waals surface area contributed by atoms with Crippen molar-refractivity contribution in [3.63, 3.8) is 0 Å². The summed E-state index contributed by atoms with van der Waals surface area (Å²) in [6.45, 7) is 6.24. The highest BCUT2D eigenvalue weighted by Gasteiger charge is 2.42. The van der Waals surface area contributed by atoms with Crippen molar-refractivity contribution in [3.8, 4) is 0 Å². The van der Waals surface area contributed by atoms with Crippen molar-refractivity contribution in [1.29, 1.82) is 0 Å². The molecule has 2 heterocycles. The number of halogens is 3. The Labute approximate surface area is 227 Å². The molecular weight excluding hydrogens is 531 g/mol. The molecule has 0 bridgehead atoms. The second kappa shape index (κ2) is 11.8. The Kier molecular flexibility index (Phi) is 8.82. The van der Waals surface area contributed by atoms with E-state index in [1.165, 1.54) is 18.3 Å². The fourth-order valence-electron chi connectivity index (χ4n) is 5.52. The topological polar surface area (TPSA) is 99.6 Å². The number of alkyl halides is 3. The molecule has 1 unspecified atom stereocenters. The van der Waals surface area contributed by atoms with Crippen LogP contribution in [0.5, 0.6) is 0 Å². The monoisotopic (exact) mass is 565 g/mol. The number of nitrogens with zero attached hydrogens (tertiary/aromatic N) is 2. The molecule has 1 amide bonds. The van der Waals surface area contributed by atoms with E-state index >= 15 is 0 Å². The molecule has 1 fully saturated rings. The molecule has 0 spiro atoms. The summed E-state index contributed by atoms with van der Waals surface area (Å²) in [5.41, 5.74) is 2.50. The van der Waals surface area contributed by atoms with Crippen LogP contribution in [0.3, 0.4) is 0 Å². The Hall–Kier alpha value is -2.76. The number of aromatic nitrogens is 1. The van der Waals surface area contributed by atoms with E-state index in [1.54, 1.807) is 31.2 Å². The summed E-state index contributed by atoms with van der Waals surface area (Å²) in [4.78, 5) is 19.9. The van der Waals surface area contributed by atoms with Gasteiger partial charge in [-0.15, -0.1) is 6.58 Å². The lowest BCUT2D eigenvalue weighted by Gasteiger charge is -2.33. The van der Waals surface area contributed by atoms with Gasteiger partial charge in [-0.25, -0.2) is 8.42 Å². The van der Waals surface area contributed by atoms with Gasteiger partial charge >= 0.3 is 6.18 Å². The SMILES string of the molecule is C=CC1c2ncc(C(=O)N[C@@H](CO)c3ccc(S(=O)(=O)CC)cc3)cc2CN1C[C@H]1CC[C@H](C(F)(F)F)CC1. The molecule has 2 aliphatic rings. The predicted molar refractivity (Wildman–Crippen MR) is 141 cm³/mol. The highest BCUT2D eigenvalue weighted by molar-refractivity contribution is 7.91. The molecule has 7 nitrogen and oxygen atoms in total. The summed E-state index contributed by atoms with van der Waals surface area (Å²) >= 11 is 0. The first-order valence-corrected chi connectivity index (χ1v) is 14.8. The summed E-state index contributed by atoms with van der Waals surface area (Å²) in [7, 11) is -3.36. The Morgan fingerprint density at radius 1 is 1.23 bits per heavy atom. The number of nitrogens with one attached hydrogen (secondary N) is 1. The number of benzene rings is 1. The van der Waals surface area contributed by atoms with Gasteiger partial charge in [0.05, 0.1) is 46.5 Å². The lowest BCUT2D eigenvalue weighted by Crippen LogP contribution is -2.33. The molecule has 1 aliphatic heterocycles. The number of hydrogen-bond donors (Lipinski definition) is 2. The first-order valence-electron chi connectivity index (χ1n) is 13.1. The van der Waals surface area contributed by atoms with Gasteiger partial charge in [-0.05, 0) is 60.9 Å². The molecule has 1 saturated carbocycles. The quantitative estimate of drug-likeness (QED) is 0.426. The van der Waals surface area contributed by atoms with Gasteiger partial charge in [-0.3, -0.25) is 14.7 Å². The van der Waals surface area contributed by atoms with E-state index in [-0.39, 0.29) is 42.1 Å². The van der Waals surface area contributed by atoms with Crippen LogP contribution in [0, 0.1) is 11.8 Å². The summed E-state index contributed by atoms with van der Waals surface area (Å²) in [5, 5.41) is 12.7. The molecule has 2 aromatic rings. The molecule has 2 atom stereocenters. The van der Waals surface area contributed by atoms with E-state index in [2.05, 4.69) is 21.8 Å². The number of rotatable bonds is 9. The Morgan fingerprint density at radius 2 is 1.90 bits per heavy atom. The molecule has 2 N–H and O–H groups in total. The largest absolute Gasteiger partial charge is 0.394 e. The molecule has 1 aliphatic carbocycles. The summed E-state index contributed by atoms with van der Waals surface area (Å²) < 4.78 is 63.2. The highest BCUT2D eigenvalue weighted by Crippen LogP contribution is 2.41. The van der Waals surface area contributed by atoms with E-state index < -0.39 is 33.9 Å². The van der Waals surface area contributed by atoms with Gasteiger partial charge in [-0.2, -0.15) is 13.2 Å². The van der Waals surface area contributed by atoms with Crippen molar-refractivity contribution in [3.05, 3.63) is 71.6 Å². The van der Waals surface area contributed by atoms with Crippen molar-refractivity contribution < 1.29 is 31.5 Å². The maximum absolute atomic E-state index is 13.0. The van der Waals surface area contributed by atoms with Gasteiger partial charge in [-0.1, -0.05) is 25.1 Å². The maximum Gasteiger partial charge on any atom is 0.391 e. The van der Waals surface area contributed by atoms with Crippen LogP contribution in [0.4, 0.5) is 13.2 Å². The van der Waals surface area contributed by atoms with Crippen LogP contribution in [0.1, 0.15) is 71.9 Å². The van der Waals surface area contributed by atoms with Gasteiger partial charge in [0.1, 0.15) is 0 Å². The van der Waals surface area contributed by atoms with Crippen LogP contribution in [0.15, 0.2) is 54.1 Å². The Bertz CT molecular complexity index is 1290. The van der Waals surface area contributed by atoms with Gasteiger partial charge < -0.3 is 10.4 Å². The molecule has 212 valence electrons. The number of hydrogen-bond acceptors (Lipinski definition) is 6. The number of fused-ring (bicyclic) bond motifs is 1. The maximum atomic E-state index is 13.0. The standard InChI is InChI=1S/C28H34F3N3O4S/c1-3-25-26-21(16-34(25)15-18-5-9-22(10-6-18)28(29,30)31)13-20(14-32-26)27(36)33-24(17-35)19-7-11-23(12-8-19)39(37,38)4-2/h3,7-8,11-14,18,22,24-25,35H,1,4-6,9-10,15-17H2,2H3,(H,33,36)/t18-,22-,24-,25?/m0/s1. The highest BCUT2D eigenvalue weighted by atomic mass is 32.2. The fraction of sp³-hybridized carbons (Fsp3) is 0.500. The minimum Gasteiger partial charge on any atom is -0.394 e. The number of pyridine rings is 1. The van der Waals surface area contributed by atoms with Crippen molar-refractivity contribution >= 4 is 15.7 Å². The van der Waals surface area contributed by atoms with Gasteiger partial charge in [0, 0.05) is 19.3 Å². The van der Waals surface area contributed by atoms with Crippen LogP contribution in [0.25, 0.3) is 0 Å². The first kappa shape index (κ1) is 29.2. The predicted octanol–water partition coefficient (Wildman–Crippen LogP) is 4.75. The van der Waals surface area contributed by atoms with Crippen molar-refractivity contribution in [2.75, 3.05) is 18.9 Å². The third-order valence-electron chi connectivity index (χ3n) is 7.85. The van der Waals surface area contributed by atoms with E-state index in [9.17, 15) is 31.5 Å². The van der Waals surface area contributed by atoms with E-state index in [0.29, 0.717) is 37.1 Å². The van der Waals surface area contributed by atoms with Crippen LogP contribution >= 0.6 is 0 Å². The summed E-state index contributed by atoms with van der Waals surface area (Å²) in [6.07, 6.45) is 0.455. The average Bonchev–Trinajstić information content (AvgIpc) is 3.27. The third-order valence-corrected chi connectivity index (χ3v) is 9.60. The normalized spacial score (nSPS) is 22.7. The number of amides is 1. The molecular formula is C28H34F3N3O4S. The van der Waals surface area contributed by atoms with E-state index in [4.69, 9.17) is 0 Å². The summed E-state index contributed by atoms with van der Waals surface area (Å²) in [6, 6.07) is 6.88. The molecule has 0 radical (unpaired) electrons. The number of aliphatic hydroxyl groups excluding tert-OH is 1. The first-order chi connectivity index (χ1) is 18.5. The van der Waals surface area contributed by atoms with E-state index in [0.717, 1.165) is 11.3 Å². The minimum absolute atomic E-state index is 0.0266. The Morgan fingerprint density at radius 3 is 2.46 bits per heavy atom. The number of carbonyl (C=O) groups is 1. The average molecular weight is 566 g/mol. The number of aliphatic hydroxyl groups is 1. The van der Waals surface area contributed by atoms with Crippen LogP contribution in [-0.4, -0.2) is 54.4 Å². The minimum atomic E-state index is -4.13. The van der Waals surface area contributed by atoms with Crippen LogP contribution in [-0.2, 0) is 16.4 Å². The zero-order valence-electron chi connectivity index (χ0n) is 21.8. The zero-order valence-corrected chi connectivity index (χ0v) is 22.6. The lowest BCUT2D eigenvalue weighted by atomic mass is 9.81. The molecule has 4 rings (SSSR count). The second-order valence-corrected chi connectivity index (χ2v) is 12.6. The third kappa shape index (κ3) is 6.53. The van der Waals surface area contributed by atoms with Gasteiger partial charge in [0.15, 0.2) is 9.84 Å². The van der Waals surface area contributed by atoms with Crippen molar-refractivity contribution in [2.24, 2.45) is 11.8 Å². The van der Waals surface area contributed by atoms with Crippen molar-refractivity contribution in [2.45, 2.75) is 62.3 Å². The lowest BCUT2D eigenvalue weighted by molar-refractivity contribution is -0.184. The zero-order chi connectivity index (χ0) is 28.4. The van der Waals surface area contributed by atoms with Gasteiger partial charge in [0.2, 0.25) is 0 Å². The molecule has 1 aromatic carbocycles. The van der Waals surface area contributed by atoms with E-state index in [1.807, 2.05) is 0 Å². The molecule has 39 heavy (non-hydrogen) atoms. The molecule has 11 heteroatoms. The van der Waals surface area contributed by atoms with Crippen molar-refractivity contribution in [1.82, 2.24) is 15.2 Å². The van der Waals surface area contributed by atoms with Crippen LogP contribution < -0.4 is 5.32 Å². The molecule has 1 aromatic heterocycles.